The van der Waals surface area contributed by atoms with Gasteiger partial charge >= 0.3 is 0 Å². The number of anilines is 1. The molecule has 6 nitrogen and oxygen atoms in total. The zero-order valence-corrected chi connectivity index (χ0v) is 12.2. The number of benzene rings is 1. The molecule has 0 radical (unpaired) electrons. The molecule has 0 saturated heterocycles. The Bertz CT molecular complexity index is 783. The number of aromatic nitrogens is 3. The average molecular weight is 296 g/mol. The van der Waals surface area contributed by atoms with Crippen molar-refractivity contribution in [3.8, 4) is 0 Å². The van der Waals surface area contributed by atoms with Crippen molar-refractivity contribution in [3.05, 3.63) is 59.9 Å². The number of hydrogen-bond donors (Lipinski definition) is 1. The minimum atomic E-state index is -0.240. The molecule has 1 N–H and O–H groups in total. The molecule has 0 aliphatic heterocycles. The van der Waals surface area contributed by atoms with Crippen LogP contribution in [0.4, 0.5) is 5.82 Å². The van der Waals surface area contributed by atoms with E-state index >= 15 is 0 Å². The van der Waals surface area contributed by atoms with E-state index in [4.69, 9.17) is 4.74 Å². The SMILES string of the molecule is Cc1ccc2nc(NC(=O)COCc3ccccc3)cn2n1. The molecule has 0 saturated carbocycles. The average Bonchev–Trinajstić information content (AvgIpc) is 2.89. The molecule has 2 aromatic heterocycles. The third kappa shape index (κ3) is 3.48. The van der Waals surface area contributed by atoms with Gasteiger partial charge in [-0.1, -0.05) is 30.3 Å². The van der Waals surface area contributed by atoms with Gasteiger partial charge in [-0.05, 0) is 24.6 Å². The zero-order valence-electron chi connectivity index (χ0n) is 12.2. The fourth-order valence-electron chi connectivity index (χ4n) is 2.05. The van der Waals surface area contributed by atoms with Crippen LogP contribution in [0.15, 0.2) is 48.7 Å². The summed E-state index contributed by atoms with van der Waals surface area (Å²) < 4.78 is 7.02. The summed E-state index contributed by atoms with van der Waals surface area (Å²) in [6.45, 7) is 2.28. The first kappa shape index (κ1) is 14.2. The van der Waals surface area contributed by atoms with Gasteiger partial charge < -0.3 is 10.1 Å². The maximum Gasteiger partial charge on any atom is 0.251 e. The summed E-state index contributed by atoms with van der Waals surface area (Å²) in [5.41, 5.74) is 2.60. The van der Waals surface area contributed by atoms with Gasteiger partial charge in [0, 0.05) is 0 Å². The van der Waals surface area contributed by atoms with Crippen LogP contribution in [0.1, 0.15) is 11.3 Å². The molecule has 0 atom stereocenters. The van der Waals surface area contributed by atoms with Crippen LogP contribution < -0.4 is 5.32 Å². The first-order valence-electron chi connectivity index (χ1n) is 6.95. The molecule has 0 spiro atoms. The number of aryl methyl sites for hydroxylation is 1. The zero-order chi connectivity index (χ0) is 15.4. The van der Waals surface area contributed by atoms with Gasteiger partial charge in [0.1, 0.15) is 6.61 Å². The highest BCUT2D eigenvalue weighted by Gasteiger charge is 2.07. The van der Waals surface area contributed by atoms with Crippen molar-refractivity contribution in [2.75, 3.05) is 11.9 Å². The molecule has 0 aliphatic carbocycles. The Hall–Kier alpha value is -2.73. The van der Waals surface area contributed by atoms with Gasteiger partial charge in [-0.25, -0.2) is 9.50 Å². The van der Waals surface area contributed by atoms with Crippen molar-refractivity contribution < 1.29 is 9.53 Å². The van der Waals surface area contributed by atoms with Gasteiger partial charge in [0.15, 0.2) is 11.5 Å². The fourth-order valence-corrected chi connectivity index (χ4v) is 2.05. The number of ether oxygens (including phenoxy) is 1. The van der Waals surface area contributed by atoms with Crippen molar-refractivity contribution in [2.24, 2.45) is 0 Å². The summed E-state index contributed by atoms with van der Waals surface area (Å²) in [5, 5.41) is 6.98. The van der Waals surface area contributed by atoms with Crippen LogP contribution in [0.5, 0.6) is 0 Å². The monoisotopic (exact) mass is 296 g/mol. The summed E-state index contributed by atoms with van der Waals surface area (Å²) in [5.74, 6) is 0.225. The summed E-state index contributed by atoms with van der Waals surface area (Å²) in [6, 6.07) is 13.4. The maximum absolute atomic E-state index is 11.8. The summed E-state index contributed by atoms with van der Waals surface area (Å²) in [4.78, 5) is 16.1. The second kappa shape index (κ2) is 6.36. The molecule has 22 heavy (non-hydrogen) atoms. The second-order valence-corrected chi connectivity index (χ2v) is 4.93. The van der Waals surface area contributed by atoms with Crippen molar-refractivity contribution in [1.29, 1.82) is 0 Å². The number of carbonyl (C=O) groups excluding carboxylic acids is 1. The van der Waals surface area contributed by atoms with Crippen LogP contribution in [0.3, 0.4) is 0 Å². The number of fused-ring (bicyclic) bond motifs is 1. The van der Waals surface area contributed by atoms with Gasteiger partial charge in [0.2, 0.25) is 0 Å². The summed E-state index contributed by atoms with van der Waals surface area (Å²) in [6.07, 6.45) is 1.68. The van der Waals surface area contributed by atoms with E-state index in [0.717, 1.165) is 11.3 Å². The van der Waals surface area contributed by atoms with E-state index in [1.54, 1.807) is 10.7 Å². The van der Waals surface area contributed by atoms with Gasteiger partial charge in [-0.15, -0.1) is 0 Å². The second-order valence-electron chi connectivity index (χ2n) is 4.93. The molecule has 6 heteroatoms. The van der Waals surface area contributed by atoms with E-state index < -0.39 is 0 Å². The lowest BCUT2D eigenvalue weighted by Gasteiger charge is -2.04. The van der Waals surface area contributed by atoms with Gasteiger partial charge in [0.05, 0.1) is 18.5 Å². The van der Waals surface area contributed by atoms with Gasteiger partial charge in [-0.2, -0.15) is 5.10 Å². The van der Waals surface area contributed by atoms with Crippen molar-refractivity contribution >= 4 is 17.4 Å². The number of amides is 1. The largest absolute Gasteiger partial charge is 0.367 e. The van der Waals surface area contributed by atoms with Crippen LogP contribution in [-0.2, 0) is 16.1 Å². The lowest BCUT2D eigenvalue weighted by atomic mass is 10.2. The topological polar surface area (TPSA) is 68.5 Å². The van der Waals surface area contributed by atoms with Gasteiger partial charge in [0.25, 0.3) is 5.91 Å². The van der Waals surface area contributed by atoms with E-state index in [-0.39, 0.29) is 12.5 Å². The number of nitrogens with zero attached hydrogens (tertiary/aromatic N) is 3. The predicted molar refractivity (Wildman–Crippen MR) is 82.5 cm³/mol. The fraction of sp³-hybridized carbons (Fsp3) is 0.188. The number of nitrogens with one attached hydrogen (secondary N) is 1. The van der Waals surface area contributed by atoms with E-state index in [2.05, 4.69) is 15.4 Å². The van der Waals surface area contributed by atoms with E-state index in [0.29, 0.717) is 18.1 Å². The molecule has 0 unspecified atom stereocenters. The normalized spacial score (nSPS) is 10.8. The Morgan fingerprint density at radius 1 is 1.23 bits per heavy atom. The van der Waals surface area contributed by atoms with Crippen LogP contribution >= 0.6 is 0 Å². The Balaban J connectivity index is 1.54. The molecule has 1 amide bonds. The van der Waals surface area contributed by atoms with E-state index in [1.807, 2.05) is 49.4 Å². The molecule has 1 aromatic carbocycles. The molecule has 0 fully saturated rings. The van der Waals surface area contributed by atoms with Gasteiger partial charge in [-0.3, -0.25) is 4.79 Å². The highest BCUT2D eigenvalue weighted by Crippen LogP contribution is 2.09. The summed E-state index contributed by atoms with van der Waals surface area (Å²) in [7, 11) is 0. The third-order valence-electron chi connectivity index (χ3n) is 3.07. The minimum Gasteiger partial charge on any atom is -0.367 e. The molecule has 2 heterocycles. The molecule has 3 aromatic rings. The number of hydrogen-bond acceptors (Lipinski definition) is 4. The van der Waals surface area contributed by atoms with E-state index in [1.165, 1.54) is 0 Å². The third-order valence-corrected chi connectivity index (χ3v) is 3.07. The molecule has 0 bridgehead atoms. The van der Waals surface area contributed by atoms with Crippen molar-refractivity contribution in [3.63, 3.8) is 0 Å². The summed E-state index contributed by atoms with van der Waals surface area (Å²) >= 11 is 0. The maximum atomic E-state index is 11.8. The van der Waals surface area contributed by atoms with Crippen LogP contribution in [-0.4, -0.2) is 27.1 Å². The Labute approximate surface area is 127 Å². The predicted octanol–water partition coefficient (Wildman–Crippen LogP) is 2.19. The van der Waals surface area contributed by atoms with E-state index in [9.17, 15) is 4.79 Å². The Morgan fingerprint density at radius 2 is 2.05 bits per heavy atom. The quantitative estimate of drug-likeness (QED) is 0.783. The number of rotatable bonds is 5. The van der Waals surface area contributed by atoms with Crippen molar-refractivity contribution in [2.45, 2.75) is 13.5 Å². The molecule has 112 valence electrons. The van der Waals surface area contributed by atoms with Crippen LogP contribution in [0.25, 0.3) is 5.65 Å². The molecule has 3 rings (SSSR count). The number of imidazole rings is 1. The standard InChI is InChI=1S/C16H16N4O2/c1-12-7-8-15-17-14(9-20(15)19-12)18-16(21)11-22-10-13-5-3-2-4-6-13/h2-9H,10-11H2,1H3,(H,18,21). The molecular weight excluding hydrogens is 280 g/mol. The van der Waals surface area contributed by atoms with Crippen LogP contribution in [0.2, 0.25) is 0 Å². The smallest absolute Gasteiger partial charge is 0.251 e. The Kier molecular flexibility index (Phi) is 4.11. The molecule has 0 aliphatic rings. The lowest BCUT2D eigenvalue weighted by molar-refractivity contribution is -0.121. The minimum absolute atomic E-state index is 0.0186. The first-order valence-corrected chi connectivity index (χ1v) is 6.95. The Morgan fingerprint density at radius 3 is 2.86 bits per heavy atom. The first-order chi connectivity index (χ1) is 10.7. The number of carbonyl (C=O) groups is 1. The lowest BCUT2D eigenvalue weighted by Crippen LogP contribution is -2.18. The van der Waals surface area contributed by atoms with Crippen LogP contribution in [0, 0.1) is 6.92 Å². The molecular formula is C16H16N4O2. The van der Waals surface area contributed by atoms with Crippen molar-refractivity contribution in [1.82, 2.24) is 14.6 Å². The highest BCUT2D eigenvalue weighted by atomic mass is 16.5. The highest BCUT2D eigenvalue weighted by molar-refractivity contribution is 5.91.